The van der Waals surface area contributed by atoms with E-state index in [9.17, 15) is 12.6 Å². The van der Waals surface area contributed by atoms with Gasteiger partial charge in [0, 0.05) is 17.7 Å². The summed E-state index contributed by atoms with van der Waals surface area (Å²) in [6.07, 6.45) is 1.11. The molecular formula is C10H13N3O3S2. The quantitative estimate of drug-likeness (QED) is 0.787. The lowest BCUT2D eigenvalue weighted by Gasteiger charge is -1.96. The number of H-pyrrole nitrogens is 1. The van der Waals surface area contributed by atoms with Gasteiger partial charge in [0.25, 0.3) is 0 Å². The number of hydrogen-bond acceptors (Lipinski definition) is 5. The summed E-state index contributed by atoms with van der Waals surface area (Å²) < 4.78 is 33.9. The lowest BCUT2D eigenvalue weighted by Crippen LogP contribution is -2.12. The summed E-state index contributed by atoms with van der Waals surface area (Å²) in [6.45, 7) is 0. The molecule has 18 heavy (non-hydrogen) atoms. The van der Waals surface area contributed by atoms with Crippen molar-refractivity contribution in [2.24, 2.45) is 0 Å². The fourth-order valence-corrected chi connectivity index (χ4v) is 3.87. The van der Waals surface area contributed by atoms with Crippen molar-refractivity contribution in [3.05, 3.63) is 18.2 Å². The summed E-state index contributed by atoms with van der Waals surface area (Å²) in [5, 5.41) is 0.277. The molecule has 0 bridgehead atoms. The number of rotatable bonds is 4. The van der Waals surface area contributed by atoms with Crippen LogP contribution in [0.25, 0.3) is 11.0 Å². The maximum absolute atomic E-state index is 11.9. The van der Waals surface area contributed by atoms with Crippen molar-refractivity contribution in [2.75, 3.05) is 23.5 Å². The Labute approximate surface area is 107 Å². The fourth-order valence-electron chi connectivity index (χ4n) is 1.44. The second kappa shape index (κ2) is 4.69. The van der Waals surface area contributed by atoms with Gasteiger partial charge in [0.05, 0.1) is 27.6 Å². The Bertz CT molecular complexity index is 706. The van der Waals surface area contributed by atoms with Crippen LogP contribution in [0.1, 0.15) is 0 Å². The Morgan fingerprint density at radius 3 is 2.83 bits per heavy atom. The van der Waals surface area contributed by atoms with E-state index in [1.54, 1.807) is 18.2 Å². The van der Waals surface area contributed by atoms with Crippen LogP contribution in [-0.2, 0) is 20.6 Å². The number of hydrogen-bond donors (Lipinski definition) is 2. The molecule has 0 aliphatic carbocycles. The van der Waals surface area contributed by atoms with Gasteiger partial charge in [-0.2, -0.15) is 0 Å². The molecule has 1 unspecified atom stereocenters. The van der Waals surface area contributed by atoms with Crippen LogP contribution in [0.2, 0.25) is 0 Å². The minimum atomic E-state index is -3.12. The average molecular weight is 287 g/mol. The zero-order valence-electron chi connectivity index (χ0n) is 9.71. The van der Waals surface area contributed by atoms with Gasteiger partial charge in [-0.1, -0.05) is 0 Å². The topological polar surface area (TPSA) is 106 Å². The van der Waals surface area contributed by atoms with Crippen molar-refractivity contribution in [3.63, 3.8) is 0 Å². The first-order valence-corrected chi connectivity index (χ1v) is 8.54. The van der Waals surface area contributed by atoms with Gasteiger partial charge in [-0.15, -0.1) is 0 Å². The highest BCUT2D eigenvalue weighted by molar-refractivity contribution is 7.92. The standard InChI is InChI=1S/C10H13N3O3S2/c1-18(15,16)5-4-17(14)10-12-8-3-2-7(11)6-9(8)13-10/h2-3,6H,4-5,11H2,1H3,(H,12,13). The van der Waals surface area contributed by atoms with Crippen LogP contribution in [-0.4, -0.2) is 40.4 Å². The SMILES string of the molecule is CS(=O)(=O)CCS(=O)c1nc2ccc(N)cc2[nH]1. The number of anilines is 1. The Morgan fingerprint density at radius 1 is 1.44 bits per heavy atom. The third-order valence-electron chi connectivity index (χ3n) is 2.34. The maximum atomic E-state index is 11.9. The number of sulfone groups is 1. The molecule has 0 radical (unpaired) electrons. The van der Waals surface area contributed by atoms with E-state index in [0.717, 1.165) is 6.26 Å². The maximum Gasteiger partial charge on any atom is 0.197 e. The molecule has 0 aliphatic heterocycles. The van der Waals surface area contributed by atoms with Gasteiger partial charge in [-0.3, -0.25) is 4.21 Å². The van der Waals surface area contributed by atoms with Crippen molar-refractivity contribution < 1.29 is 12.6 Å². The predicted molar refractivity (Wildman–Crippen MR) is 71.5 cm³/mol. The van der Waals surface area contributed by atoms with Gasteiger partial charge in [-0.25, -0.2) is 13.4 Å². The van der Waals surface area contributed by atoms with Crippen LogP contribution in [0, 0.1) is 0 Å². The molecule has 0 aliphatic rings. The molecule has 8 heteroatoms. The first-order chi connectivity index (χ1) is 8.35. The van der Waals surface area contributed by atoms with Gasteiger partial charge >= 0.3 is 0 Å². The van der Waals surface area contributed by atoms with Crippen LogP contribution < -0.4 is 5.73 Å². The minimum absolute atomic E-state index is 0.0359. The van der Waals surface area contributed by atoms with E-state index < -0.39 is 20.6 Å². The summed E-state index contributed by atoms with van der Waals surface area (Å²) in [5.74, 6) is -0.0903. The number of nitrogens with one attached hydrogen (secondary N) is 1. The molecule has 2 rings (SSSR count). The average Bonchev–Trinajstić information content (AvgIpc) is 2.67. The molecule has 0 spiro atoms. The summed E-state index contributed by atoms with van der Waals surface area (Å²) >= 11 is 0. The molecule has 6 nitrogen and oxygen atoms in total. The number of nitrogen functional groups attached to an aromatic ring is 1. The minimum Gasteiger partial charge on any atom is -0.399 e. The number of aromatic amines is 1. The number of imidazole rings is 1. The molecule has 1 aromatic heterocycles. The van der Waals surface area contributed by atoms with E-state index in [1.807, 2.05) is 0 Å². The van der Waals surface area contributed by atoms with E-state index in [1.165, 1.54) is 0 Å². The van der Waals surface area contributed by atoms with Gasteiger partial charge in [0.15, 0.2) is 5.16 Å². The zero-order valence-corrected chi connectivity index (χ0v) is 11.3. The molecule has 2 aromatic rings. The Kier molecular flexibility index (Phi) is 3.40. The van der Waals surface area contributed by atoms with E-state index in [-0.39, 0.29) is 16.7 Å². The Hall–Kier alpha value is -1.41. The van der Waals surface area contributed by atoms with Crippen LogP contribution in [0.15, 0.2) is 23.4 Å². The molecule has 3 N–H and O–H groups in total. The van der Waals surface area contributed by atoms with Crippen molar-refractivity contribution >= 4 is 37.4 Å². The number of benzene rings is 1. The van der Waals surface area contributed by atoms with Gasteiger partial charge in [0.2, 0.25) is 0 Å². The first kappa shape index (κ1) is 13.0. The molecule has 98 valence electrons. The molecule has 0 saturated heterocycles. The molecule has 1 heterocycles. The first-order valence-electron chi connectivity index (χ1n) is 5.16. The largest absolute Gasteiger partial charge is 0.399 e. The van der Waals surface area contributed by atoms with E-state index in [4.69, 9.17) is 5.73 Å². The monoisotopic (exact) mass is 287 g/mol. The van der Waals surface area contributed by atoms with Crippen LogP contribution in [0.3, 0.4) is 0 Å². The smallest absolute Gasteiger partial charge is 0.197 e. The van der Waals surface area contributed by atoms with Crippen LogP contribution in [0.4, 0.5) is 5.69 Å². The number of fused-ring (bicyclic) bond motifs is 1. The highest BCUT2D eigenvalue weighted by Crippen LogP contribution is 2.16. The highest BCUT2D eigenvalue weighted by Gasteiger charge is 2.12. The normalized spacial score (nSPS) is 13.8. The van der Waals surface area contributed by atoms with Gasteiger partial charge in [0.1, 0.15) is 9.84 Å². The van der Waals surface area contributed by atoms with Gasteiger partial charge < -0.3 is 10.7 Å². The van der Waals surface area contributed by atoms with Crippen LogP contribution in [0.5, 0.6) is 0 Å². The van der Waals surface area contributed by atoms with Crippen molar-refractivity contribution in [1.82, 2.24) is 9.97 Å². The summed E-state index contributed by atoms with van der Waals surface area (Å²) in [7, 11) is -4.57. The fraction of sp³-hybridized carbons (Fsp3) is 0.300. The third kappa shape index (κ3) is 3.08. The number of nitrogens with zero attached hydrogens (tertiary/aromatic N) is 1. The molecule has 0 amide bonds. The third-order valence-corrected chi connectivity index (χ3v) is 4.74. The number of aromatic nitrogens is 2. The molecule has 1 atom stereocenters. The lowest BCUT2D eigenvalue weighted by atomic mass is 10.3. The van der Waals surface area contributed by atoms with Crippen molar-refractivity contribution in [3.8, 4) is 0 Å². The number of nitrogens with two attached hydrogens (primary N) is 1. The van der Waals surface area contributed by atoms with Gasteiger partial charge in [-0.05, 0) is 18.2 Å². The Morgan fingerprint density at radius 2 is 2.17 bits per heavy atom. The molecule has 1 aromatic carbocycles. The summed E-state index contributed by atoms with van der Waals surface area (Å²) in [5.41, 5.74) is 7.56. The lowest BCUT2D eigenvalue weighted by molar-refractivity contribution is 0.602. The van der Waals surface area contributed by atoms with Crippen molar-refractivity contribution in [1.29, 1.82) is 0 Å². The van der Waals surface area contributed by atoms with E-state index in [2.05, 4.69) is 9.97 Å². The second-order valence-corrected chi connectivity index (χ2v) is 7.74. The zero-order chi connectivity index (χ0) is 13.3. The second-order valence-electron chi connectivity index (χ2n) is 4.00. The molecule has 0 fully saturated rings. The molecule has 0 saturated carbocycles. The summed E-state index contributed by atoms with van der Waals surface area (Å²) in [4.78, 5) is 7.03. The van der Waals surface area contributed by atoms with E-state index in [0.29, 0.717) is 16.7 Å². The summed E-state index contributed by atoms with van der Waals surface area (Å²) in [6, 6.07) is 5.12. The highest BCUT2D eigenvalue weighted by atomic mass is 32.2. The van der Waals surface area contributed by atoms with E-state index >= 15 is 0 Å². The van der Waals surface area contributed by atoms with Crippen LogP contribution >= 0.6 is 0 Å². The predicted octanol–water partition coefficient (Wildman–Crippen LogP) is 0.297. The van der Waals surface area contributed by atoms with Crippen molar-refractivity contribution in [2.45, 2.75) is 5.16 Å². The Balaban J connectivity index is 2.23. The molecular weight excluding hydrogens is 274 g/mol.